The van der Waals surface area contributed by atoms with Crippen molar-refractivity contribution < 1.29 is 13.2 Å². The van der Waals surface area contributed by atoms with Crippen molar-refractivity contribution in [3.05, 3.63) is 24.3 Å². The molecule has 2 N–H and O–H groups in total. The van der Waals surface area contributed by atoms with Crippen molar-refractivity contribution in [3.63, 3.8) is 0 Å². The van der Waals surface area contributed by atoms with Crippen LogP contribution in [-0.2, 0) is 10.0 Å². The van der Waals surface area contributed by atoms with Crippen molar-refractivity contribution in [1.29, 1.82) is 0 Å². The average molecular weight is 353 g/mol. The second kappa shape index (κ2) is 7.85. The van der Waals surface area contributed by atoms with E-state index in [1.54, 1.807) is 28.6 Å². The second-order valence-electron chi connectivity index (χ2n) is 7.04. The first-order chi connectivity index (χ1) is 11.6. The molecule has 3 rings (SSSR count). The van der Waals surface area contributed by atoms with Gasteiger partial charge in [0.2, 0.25) is 10.0 Å². The lowest BCUT2D eigenvalue weighted by molar-refractivity contribution is 0.208. The fourth-order valence-electron chi connectivity index (χ4n) is 3.63. The molecule has 0 aromatic heterocycles. The van der Waals surface area contributed by atoms with Gasteiger partial charge in [-0.3, -0.25) is 0 Å². The molecule has 1 saturated heterocycles. The quantitative estimate of drug-likeness (QED) is 0.854. The van der Waals surface area contributed by atoms with E-state index >= 15 is 0 Å². The van der Waals surface area contributed by atoms with Gasteiger partial charge in [-0.1, -0.05) is 19.3 Å². The smallest absolute Gasteiger partial charge is 0.243 e. The Labute approximate surface area is 145 Å². The predicted octanol–water partition coefficient (Wildman–Crippen LogP) is 2.62. The number of sulfonamides is 1. The summed E-state index contributed by atoms with van der Waals surface area (Å²) in [5.74, 6) is 1.67. The van der Waals surface area contributed by atoms with Crippen molar-refractivity contribution in [1.82, 2.24) is 4.31 Å². The second-order valence-corrected chi connectivity index (χ2v) is 8.98. The number of hydrogen-bond donors (Lipinski definition) is 1. The average Bonchev–Trinajstić information content (AvgIpc) is 3.11. The Morgan fingerprint density at radius 1 is 1.04 bits per heavy atom. The van der Waals surface area contributed by atoms with Crippen LogP contribution < -0.4 is 10.5 Å². The number of nitrogens with zero attached hydrogens (tertiary/aromatic N) is 1. The van der Waals surface area contributed by atoms with Gasteiger partial charge < -0.3 is 10.5 Å². The highest BCUT2D eigenvalue weighted by Gasteiger charge is 2.31. The van der Waals surface area contributed by atoms with E-state index in [0.717, 1.165) is 18.8 Å². The van der Waals surface area contributed by atoms with Crippen LogP contribution in [0.4, 0.5) is 0 Å². The Hall–Kier alpha value is -1.11. The topological polar surface area (TPSA) is 72.6 Å². The summed E-state index contributed by atoms with van der Waals surface area (Å²) in [4.78, 5) is 0.338. The van der Waals surface area contributed by atoms with E-state index in [1.165, 1.54) is 32.1 Å². The van der Waals surface area contributed by atoms with Gasteiger partial charge >= 0.3 is 0 Å². The lowest BCUT2D eigenvalue weighted by Crippen LogP contribution is -2.30. The Bertz CT molecular complexity index is 624. The SMILES string of the molecule is NCC1CCN(S(=O)(=O)c2ccc(OCC3CCCCC3)cc2)C1. The zero-order valence-corrected chi connectivity index (χ0v) is 15.0. The summed E-state index contributed by atoms with van der Waals surface area (Å²) in [7, 11) is -3.41. The number of rotatable bonds is 6. The van der Waals surface area contributed by atoms with E-state index in [2.05, 4.69) is 0 Å². The summed E-state index contributed by atoms with van der Waals surface area (Å²) in [5, 5.41) is 0. The third-order valence-electron chi connectivity index (χ3n) is 5.25. The molecule has 6 heteroatoms. The largest absolute Gasteiger partial charge is 0.493 e. The number of hydrogen-bond acceptors (Lipinski definition) is 4. The summed E-state index contributed by atoms with van der Waals surface area (Å²) in [6, 6.07) is 6.85. The van der Waals surface area contributed by atoms with Crippen LogP contribution in [0.25, 0.3) is 0 Å². The van der Waals surface area contributed by atoms with Gasteiger partial charge in [-0.15, -0.1) is 0 Å². The van der Waals surface area contributed by atoms with Crippen LogP contribution >= 0.6 is 0 Å². The molecule has 1 aromatic carbocycles. The molecule has 24 heavy (non-hydrogen) atoms. The summed E-state index contributed by atoms with van der Waals surface area (Å²) >= 11 is 0. The van der Waals surface area contributed by atoms with Crippen LogP contribution in [0.3, 0.4) is 0 Å². The van der Waals surface area contributed by atoms with E-state index in [9.17, 15) is 8.42 Å². The van der Waals surface area contributed by atoms with Gasteiger partial charge in [-0.2, -0.15) is 4.31 Å². The first-order valence-corrected chi connectivity index (χ1v) is 10.5. The van der Waals surface area contributed by atoms with Crippen LogP contribution in [-0.4, -0.2) is 39.0 Å². The lowest BCUT2D eigenvalue weighted by Gasteiger charge is -2.21. The summed E-state index contributed by atoms with van der Waals surface area (Å²) in [6.07, 6.45) is 7.26. The van der Waals surface area contributed by atoms with E-state index in [4.69, 9.17) is 10.5 Å². The van der Waals surface area contributed by atoms with E-state index < -0.39 is 10.0 Å². The monoisotopic (exact) mass is 352 g/mol. The van der Waals surface area contributed by atoms with Crippen molar-refractivity contribution in [2.75, 3.05) is 26.2 Å². The Morgan fingerprint density at radius 2 is 1.75 bits per heavy atom. The van der Waals surface area contributed by atoms with Crippen molar-refractivity contribution in [2.45, 2.75) is 43.4 Å². The third kappa shape index (κ3) is 4.10. The number of ether oxygens (including phenoxy) is 1. The van der Waals surface area contributed by atoms with Crippen molar-refractivity contribution in [3.8, 4) is 5.75 Å². The molecule has 0 bridgehead atoms. The normalized spacial score (nSPS) is 23.5. The molecule has 1 saturated carbocycles. The van der Waals surface area contributed by atoms with Gasteiger partial charge in [0.25, 0.3) is 0 Å². The summed E-state index contributed by atoms with van der Waals surface area (Å²) in [5.41, 5.74) is 5.65. The summed E-state index contributed by atoms with van der Waals surface area (Å²) < 4.78 is 32.7. The van der Waals surface area contributed by atoms with E-state index in [-0.39, 0.29) is 5.92 Å². The highest BCUT2D eigenvalue weighted by molar-refractivity contribution is 7.89. The Balaban J connectivity index is 1.59. The molecule has 2 fully saturated rings. The molecule has 1 aromatic rings. The molecule has 0 radical (unpaired) electrons. The van der Waals surface area contributed by atoms with Crippen LogP contribution in [0, 0.1) is 11.8 Å². The molecule has 134 valence electrons. The molecular weight excluding hydrogens is 324 g/mol. The van der Waals surface area contributed by atoms with E-state index in [1.807, 2.05) is 0 Å². The minimum Gasteiger partial charge on any atom is -0.493 e. The van der Waals surface area contributed by atoms with Crippen molar-refractivity contribution in [2.24, 2.45) is 17.6 Å². The Morgan fingerprint density at radius 3 is 2.38 bits per heavy atom. The van der Waals surface area contributed by atoms with Gasteiger partial charge in [0.05, 0.1) is 11.5 Å². The fraction of sp³-hybridized carbons (Fsp3) is 0.667. The predicted molar refractivity (Wildman–Crippen MR) is 94.4 cm³/mol. The molecule has 0 spiro atoms. The number of nitrogens with two attached hydrogens (primary N) is 1. The highest BCUT2D eigenvalue weighted by Crippen LogP contribution is 2.27. The molecule has 1 aliphatic heterocycles. The molecule has 1 atom stereocenters. The van der Waals surface area contributed by atoms with Gasteiger partial charge in [0, 0.05) is 13.1 Å². The van der Waals surface area contributed by atoms with Crippen LogP contribution in [0.1, 0.15) is 38.5 Å². The molecule has 2 aliphatic rings. The molecule has 1 aliphatic carbocycles. The lowest BCUT2D eigenvalue weighted by atomic mass is 9.90. The minimum absolute atomic E-state index is 0.276. The molecule has 0 amide bonds. The first kappa shape index (κ1) is 17.7. The van der Waals surface area contributed by atoms with Gasteiger partial charge in [0.1, 0.15) is 5.75 Å². The zero-order chi connectivity index (χ0) is 17.0. The first-order valence-electron chi connectivity index (χ1n) is 9.02. The number of benzene rings is 1. The highest BCUT2D eigenvalue weighted by atomic mass is 32.2. The molecule has 5 nitrogen and oxygen atoms in total. The standard InChI is InChI=1S/C18H28N2O3S/c19-12-16-10-11-20(13-16)24(21,22)18-8-6-17(7-9-18)23-14-15-4-2-1-3-5-15/h6-9,15-16H,1-5,10-14,19H2. The fourth-order valence-corrected chi connectivity index (χ4v) is 5.16. The maximum Gasteiger partial charge on any atom is 0.243 e. The van der Waals surface area contributed by atoms with Crippen LogP contribution in [0.5, 0.6) is 5.75 Å². The van der Waals surface area contributed by atoms with Gasteiger partial charge in [0.15, 0.2) is 0 Å². The third-order valence-corrected chi connectivity index (χ3v) is 7.13. The van der Waals surface area contributed by atoms with Gasteiger partial charge in [-0.05, 0) is 61.9 Å². The van der Waals surface area contributed by atoms with E-state index in [0.29, 0.717) is 30.4 Å². The van der Waals surface area contributed by atoms with Crippen LogP contribution in [0.15, 0.2) is 29.2 Å². The molecule has 1 unspecified atom stereocenters. The Kier molecular flexibility index (Phi) is 5.79. The van der Waals surface area contributed by atoms with Crippen LogP contribution in [0.2, 0.25) is 0 Å². The maximum atomic E-state index is 12.7. The maximum absolute atomic E-state index is 12.7. The summed E-state index contributed by atoms with van der Waals surface area (Å²) in [6.45, 7) is 2.36. The molecule has 1 heterocycles. The van der Waals surface area contributed by atoms with Crippen molar-refractivity contribution >= 4 is 10.0 Å². The minimum atomic E-state index is -3.41. The molecular formula is C18H28N2O3S. The van der Waals surface area contributed by atoms with Gasteiger partial charge in [-0.25, -0.2) is 8.42 Å². The zero-order valence-electron chi connectivity index (χ0n) is 14.2.